The Morgan fingerprint density at radius 2 is 0.693 bits per heavy atom. The lowest BCUT2D eigenvalue weighted by Crippen LogP contribution is -2.64. The molecule has 0 atom stereocenters. The standard InChI is InChI=1S/C121H87B2N3O/c1-119(2,3)86-70-95(79-40-17-9-18-41-79)116(96(71-86)80-42-19-10-20-43-80)125-106-58-33-31-56-102(106)122-104-74-105-111(75-108(104)124(88-63-60-78(61-64-88)76-36-13-7-14-37-76)109-67-84(68-110(125)114(109)122)77-38-15-8-16-39-77)127-112-69-85-66-83(89-51-35-52-94-93-50-27-30-55-101(93)121(113(89)94)99-53-28-25-48-91(99)92-49-26-29-54-100(92)121)62-65-90(85)118-115(112)123(105)103-57-32-34-59-107(103)126(118)117-97(81-44-21-11-22-45-81)72-87(120(4,5)6)73-98(117)82-46-23-12-24-47-82/h7-75H,1-6H3/i7D,8D,13D,14D,15D,16D,36D,37D,38D,39D. The summed E-state index contributed by atoms with van der Waals surface area (Å²) in [6.45, 7) is 12.5. The van der Waals surface area contributed by atoms with E-state index in [1.807, 2.05) is 48.5 Å². The first-order chi connectivity index (χ1) is 66.4. The number of anilines is 9. The van der Waals surface area contributed by atoms with Crippen molar-refractivity contribution in [1.29, 1.82) is 0 Å². The molecule has 4 heterocycles. The predicted octanol–water partition coefficient (Wildman–Crippen LogP) is 27.9. The van der Waals surface area contributed by atoms with Gasteiger partial charge in [0.05, 0.1) is 36.2 Å². The predicted molar refractivity (Wildman–Crippen MR) is 536 cm³/mol. The highest BCUT2D eigenvalue weighted by molar-refractivity contribution is 7.02. The van der Waals surface area contributed by atoms with Gasteiger partial charge < -0.3 is 19.4 Å². The van der Waals surface area contributed by atoms with E-state index < -0.39 is 55.1 Å². The van der Waals surface area contributed by atoms with Gasteiger partial charge in [-0.25, -0.2) is 0 Å². The molecule has 0 saturated heterocycles. The summed E-state index contributed by atoms with van der Waals surface area (Å²) in [6.07, 6.45) is 0. The minimum Gasteiger partial charge on any atom is -0.458 e. The van der Waals surface area contributed by atoms with Crippen molar-refractivity contribution in [2.24, 2.45) is 0 Å². The average Bonchev–Trinajstić information content (AvgIpc) is 1.47. The quantitative estimate of drug-likeness (QED) is 0.127. The molecule has 0 aromatic heterocycles. The van der Waals surface area contributed by atoms with E-state index in [1.54, 1.807) is 0 Å². The zero-order chi connectivity index (χ0) is 93.4. The van der Waals surface area contributed by atoms with E-state index in [2.05, 4.69) is 366 Å². The molecule has 0 bridgehead atoms. The Kier molecular flexibility index (Phi) is 14.4. The van der Waals surface area contributed by atoms with Gasteiger partial charge in [-0.15, -0.1) is 0 Å². The summed E-state index contributed by atoms with van der Waals surface area (Å²) < 4.78 is 102. The molecule has 0 N–H and O–H groups in total. The van der Waals surface area contributed by atoms with Crippen molar-refractivity contribution in [3.8, 4) is 112 Å². The van der Waals surface area contributed by atoms with E-state index in [0.717, 1.165) is 133 Å². The van der Waals surface area contributed by atoms with E-state index in [-0.39, 0.29) is 46.1 Å². The molecule has 0 amide bonds. The van der Waals surface area contributed by atoms with E-state index >= 15 is 0 Å². The number of para-hydroxylation sites is 2. The molecule has 1 spiro atoms. The average molecular weight is 1630 g/mol. The number of fused-ring (bicyclic) bond motifs is 20. The third-order valence-corrected chi connectivity index (χ3v) is 27.5. The number of ether oxygens (including phenoxy) is 1. The minimum absolute atomic E-state index is 0.0105. The van der Waals surface area contributed by atoms with Gasteiger partial charge in [0, 0.05) is 67.8 Å². The Bertz CT molecular complexity index is 8190. The molecular formula is C121H87B2N3O. The lowest BCUT2D eigenvalue weighted by Gasteiger charge is -2.46. The van der Waals surface area contributed by atoms with Crippen molar-refractivity contribution in [1.82, 2.24) is 0 Å². The summed E-state index contributed by atoms with van der Waals surface area (Å²) in [5.41, 5.74) is 34.9. The van der Waals surface area contributed by atoms with Gasteiger partial charge in [-0.05, 0) is 233 Å². The van der Waals surface area contributed by atoms with Crippen LogP contribution < -0.4 is 52.2 Å². The van der Waals surface area contributed by atoms with Crippen LogP contribution in [0, 0.1) is 0 Å². The molecule has 2 aliphatic carbocycles. The lowest BCUT2D eigenvalue weighted by molar-refractivity contribution is 0.488. The first-order valence-electron chi connectivity index (χ1n) is 48.9. The molecule has 0 saturated carbocycles. The van der Waals surface area contributed by atoms with Crippen LogP contribution in [0.15, 0.2) is 418 Å². The third-order valence-electron chi connectivity index (χ3n) is 27.5. The minimum atomic E-state index is -0.661. The zero-order valence-electron chi connectivity index (χ0n) is 81.0. The molecule has 19 aromatic carbocycles. The summed E-state index contributed by atoms with van der Waals surface area (Å²) >= 11 is 0. The first-order valence-corrected chi connectivity index (χ1v) is 43.9. The van der Waals surface area contributed by atoms with Crippen LogP contribution in [0.5, 0.6) is 11.5 Å². The van der Waals surface area contributed by atoms with E-state index in [9.17, 15) is 8.22 Å². The number of benzene rings is 19. The number of rotatable bonds is 10. The van der Waals surface area contributed by atoms with Gasteiger partial charge in [0.15, 0.2) is 0 Å². The second kappa shape index (κ2) is 28.4. The normalized spacial score (nSPS) is 14.7. The first kappa shape index (κ1) is 64.5. The monoisotopic (exact) mass is 1630 g/mol. The van der Waals surface area contributed by atoms with Crippen LogP contribution in [0.1, 0.15) is 88.6 Å². The Balaban J connectivity index is 0.796. The number of hydrogen-bond acceptors (Lipinski definition) is 4. The molecule has 0 fully saturated rings. The summed E-state index contributed by atoms with van der Waals surface area (Å²) in [5, 5.41) is 1.97. The van der Waals surface area contributed by atoms with Gasteiger partial charge in [-0.3, -0.25) is 0 Å². The van der Waals surface area contributed by atoms with Crippen molar-refractivity contribution in [3.05, 3.63) is 452 Å². The maximum Gasteiger partial charge on any atom is 0.256 e. The summed E-state index contributed by atoms with van der Waals surface area (Å²) in [7, 11) is 0. The Labute approximate surface area is 757 Å². The fourth-order valence-electron chi connectivity index (χ4n) is 21.9. The van der Waals surface area contributed by atoms with Gasteiger partial charge in [-0.2, -0.15) is 0 Å². The molecule has 0 radical (unpaired) electrons. The van der Waals surface area contributed by atoms with Crippen LogP contribution >= 0.6 is 0 Å². The molecule has 6 aliphatic rings. The highest BCUT2D eigenvalue weighted by atomic mass is 16.5. The van der Waals surface area contributed by atoms with E-state index in [1.165, 1.54) is 50.1 Å². The third kappa shape index (κ3) is 11.3. The van der Waals surface area contributed by atoms with Gasteiger partial charge >= 0.3 is 0 Å². The molecule has 4 nitrogen and oxygen atoms in total. The van der Waals surface area contributed by atoms with Gasteiger partial charge in [0.25, 0.3) is 13.4 Å². The summed E-state index contributed by atoms with van der Waals surface area (Å²) in [4.78, 5) is 7.15. The van der Waals surface area contributed by atoms with Crippen LogP contribution in [0.3, 0.4) is 0 Å². The summed E-state index contributed by atoms with van der Waals surface area (Å²) in [6, 6.07) is 125. The molecule has 19 aromatic rings. The highest BCUT2D eigenvalue weighted by Crippen LogP contribution is 2.65. The van der Waals surface area contributed by atoms with Crippen molar-refractivity contribution in [2.45, 2.75) is 57.8 Å². The van der Waals surface area contributed by atoms with Crippen LogP contribution in [0.2, 0.25) is 0 Å². The molecule has 6 heteroatoms. The van der Waals surface area contributed by atoms with Crippen LogP contribution in [-0.4, -0.2) is 13.4 Å². The van der Waals surface area contributed by atoms with Gasteiger partial charge in [0.1, 0.15) is 11.5 Å². The van der Waals surface area contributed by atoms with Gasteiger partial charge in [-0.1, -0.05) is 381 Å². The zero-order valence-corrected chi connectivity index (χ0v) is 71.0. The van der Waals surface area contributed by atoms with Crippen LogP contribution in [0.4, 0.5) is 51.2 Å². The molecule has 0 unspecified atom stereocenters. The highest BCUT2D eigenvalue weighted by Gasteiger charge is 2.54. The van der Waals surface area contributed by atoms with Crippen molar-refractivity contribution in [3.63, 3.8) is 0 Å². The lowest BCUT2D eigenvalue weighted by atomic mass is 9.30. The second-order valence-electron chi connectivity index (χ2n) is 36.5. The molecule has 25 rings (SSSR count). The number of nitrogens with zero attached hydrogens (tertiary/aromatic N) is 3. The van der Waals surface area contributed by atoms with Crippen molar-refractivity contribution < 1.29 is 18.4 Å². The van der Waals surface area contributed by atoms with Crippen molar-refractivity contribution in [2.75, 3.05) is 14.7 Å². The topological polar surface area (TPSA) is 19.0 Å². The van der Waals surface area contributed by atoms with Crippen LogP contribution in [0.25, 0.3) is 111 Å². The smallest absolute Gasteiger partial charge is 0.256 e. The molecule has 598 valence electrons. The Morgan fingerprint density at radius 1 is 0.268 bits per heavy atom. The summed E-state index contributed by atoms with van der Waals surface area (Å²) in [5.74, 6) is 1.25. The number of hydrogen-bond donors (Lipinski definition) is 0. The van der Waals surface area contributed by atoms with E-state index in [0.29, 0.717) is 45.4 Å². The van der Waals surface area contributed by atoms with Crippen molar-refractivity contribution >= 4 is 108 Å². The molecular weight excluding hydrogens is 1530 g/mol. The Morgan fingerprint density at radius 3 is 1.21 bits per heavy atom. The second-order valence-corrected chi connectivity index (χ2v) is 36.5. The van der Waals surface area contributed by atoms with E-state index in [4.69, 9.17) is 10.2 Å². The maximum atomic E-state index is 10.0. The fraction of sp³-hybridized carbons (Fsp3) is 0.0744. The SMILES string of the molecule is [2H]c1c([2H])c([2H])c(-c2ccc(N3c4cc5c(cc4B4c6ccccc6N(c6c(-c7ccccc7)cc(C(C)(C)C)cc6-c6ccccc6)c6cc(-c7c([2H])c([2H])c([2H])c([2H])c7[2H])cc3c64)B3c4ccccc4N(c4c(-c6ccccc6)cc(C(C)(C)C)cc4-c4ccccc4)c4c3c(cc3cc(-c6cccc7c6C6(c8ccccc8-c8ccccc86)c6ccccc6-7)ccc43)O5)cc2)c([2H])c1[2H]. The van der Waals surface area contributed by atoms with Gasteiger partial charge in [0.2, 0.25) is 0 Å². The molecule has 4 aliphatic heterocycles. The van der Waals surface area contributed by atoms with Crippen LogP contribution in [-0.2, 0) is 16.2 Å². The maximum absolute atomic E-state index is 10.0. The molecule has 127 heavy (non-hydrogen) atoms. The fourth-order valence-corrected chi connectivity index (χ4v) is 21.9. The largest absolute Gasteiger partial charge is 0.458 e. The Hall–Kier alpha value is -15.2.